The molecule has 1 amide bonds. The highest BCUT2D eigenvalue weighted by molar-refractivity contribution is 5.76. The maximum absolute atomic E-state index is 13.6. The zero-order chi connectivity index (χ0) is 18.6. The van der Waals surface area contributed by atoms with Crippen LogP contribution in [-0.2, 0) is 24.2 Å². The Kier molecular flexibility index (Phi) is 5.72. The molecule has 0 saturated carbocycles. The van der Waals surface area contributed by atoms with Crippen molar-refractivity contribution in [2.24, 2.45) is 0 Å². The second-order valence-corrected chi connectivity index (χ2v) is 7.62. The Hall–Kier alpha value is -2.20. The molecule has 2 aromatic rings. The van der Waals surface area contributed by atoms with Gasteiger partial charge in [-0.15, -0.1) is 0 Å². The molecule has 0 atom stereocenters. The van der Waals surface area contributed by atoms with Gasteiger partial charge in [-0.2, -0.15) is 0 Å². The number of fused-ring (bicyclic) bond motifs is 1. The first-order chi connectivity index (χ1) is 12.5. The van der Waals surface area contributed by atoms with E-state index in [1.807, 2.05) is 0 Å². The zero-order valence-corrected chi connectivity index (χ0v) is 15.6. The molecule has 1 aliphatic heterocycles. The fraction of sp³-hybridized carbons (Fsp3) is 0.409. The Balaban J connectivity index is 1.50. The van der Waals surface area contributed by atoms with Gasteiger partial charge in [-0.05, 0) is 49.4 Å². The molecule has 0 radical (unpaired) electrons. The SMILES string of the molecule is CC(C)(CNC(=O)CCc1ccccc1F)N1CCc2ccccc2C1. The van der Waals surface area contributed by atoms with Gasteiger partial charge in [0.15, 0.2) is 0 Å². The van der Waals surface area contributed by atoms with E-state index >= 15 is 0 Å². The summed E-state index contributed by atoms with van der Waals surface area (Å²) in [4.78, 5) is 14.6. The molecule has 0 fully saturated rings. The van der Waals surface area contributed by atoms with E-state index < -0.39 is 0 Å². The highest BCUT2D eigenvalue weighted by Crippen LogP contribution is 2.25. The number of halogens is 1. The van der Waals surface area contributed by atoms with E-state index in [1.165, 1.54) is 17.2 Å². The molecule has 1 heterocycles. The van der Waals surface area contributed by atoms with Crippen LogP contribution in [0.3, 0.4) is 0 Å². The number of benzene rings is 2. The smallest absolute Gasteiger partial charge is 0.220 e. The summed E-state index contributed by atoms with van der Waals surface area (Å²) in [6.07, 6.45) is 1.77. The van der Waals surface area contributed by atoms with Crippen LogP contribution in [0.25, 0.3) is 0 Å². The van der Waals surface area contributed by atoms with Gasteiger partial charge in [0.1, 0.15) is 5.82 Å². The molecular formula is C22H27FN2O. The first kappa shape index (κ1) is 18.6. The Labute approximate surface area is 155 Å². The number of nitrogens with zero attached hydrogens (tertiary/aromatic N) is 1. The summed E-state index contributed by atoms with van der Waals surface area (Å²) in [6.45, 7) is 6.82. The third kappa shape index (κ3) is 4.50. The zero-order valence-electron chi connectivity index (χ0n) is 15.6. The summed E-state index contributed by atoms with van der Waals surface area (Å²) in [6, 6.07) is 15.2. The average Bonchev–Trinajstić information content (AvgIpc) is 2.65. The van der Waals surface area contributed by atoms with E-state index in [0.717, 1.165) is 19.5 Å². The van der Waals surface area contributed by atoms with E-state index in [9.17, 15) is 9.18 Å². The van der Waals surface area contributed by atoms with E-state index in [-0.39, 0.29) is 17.3 Å². The van der Waals surface area contributed by atoms with Gasteiger partial charge in [-0.25, -0.2) is 4.39 Å². The molecule has 0 saturated heterocycles. The Morgan fingerprint density at radius 3 is 2.58 bits per heavy atom. The molecule has 138 valence electrons. The van der Waals surface area contributed by atoms with E-state index in [1.54, 1.807) is 18.2 Å². The molecule has 3 rings (SSSR count). The largest absolute Gasteiger partial charge is 0.354 e. The van der Waals surface area contributed by atoms with Gasteiger partial charge in [0.25, 0.3) is 0 Å². The standard InChI is InChI=1S/C22H27FN2O/c1-22(2,25-14-13-17-7-3-4-9-19(17)15-25)16-24-21(26)12-11-18-8-5-6-10-20(18)23/h3-10H,11-16H2,1-2H3,(H,24,26). The van der Waals surface area contributed by atoms with Crippen molar-refractivity contribution in [3.8, 4) is 0 Å². The van der Waals surface area contributed by atoms with E-state index in [0.29, 0.717) is 24.9 Å². The molecule has 0 bridgehead atoms. The molecule has 2 aromatic carbocycles. The normalized spacial score (nSPS) is 14.7. The summed E-state index contributed by atoms with van der Waals surface area (Å²) >= 11 is 0. The Morgan fingerprint density at radius 2 is 1.81 bits per heavy atom. The lowest BCUT2D eigenvalue weighted by Crippen LogP contribution is -2.53. The summed E-state index contributed by atoms with van der Waals surface area (Å²) in [5.74, 6) is -0.272. The average molecular weight is 354 g/mol. The molecule has 1 aliphatic rings. The van der Waals surface area contributed by atoms with Crippen molar-refractivity contribution in [1.29, 1.82) is 0 Å². The second-order valence-electron chi connectivity index (χ2n) is 7.62. The minimum atomic E-state index is -0.243. The Morgan fingerprint density at radius 1 is 1.12 bits per heavy atom. The summed E-state index contributed by atoms with van der Waals surface area (Å²) in [5.41, 5.74) is 3.27. The highest BCUT2D eigenvalue weighted by Gasteiger charge is 2.29. The van der Waals surface area contributed by atoms with Gasteiger partial charge in [0, 0.05) is 31.6 Å². The van der Waals surface area contributed by atoms with Crippen LogP contribution in [0, 0.1) is 5.82 Å². The lowest BCUT2D eigenvalue weighted by Gasteiger charge is -2.41. The molecule has 0 aromatic heterocycles. The first-order valence-corrected chi connectivity index (χ1v) is 9.28. The molecule has 1 N–H and O–H groups in total. The summed E-state index contributed by atoms with van der Waals surface area (Å²) in [7, 11) is 0. The summed E-state index contributed by atoms with van der Waals surface area (Å²) < 4.78 is 13.6. The predicted molar refractivity (Wildman–Crippen MR) is 102 cm³/mol. The van der Waals surface area contributed by atoms with Gasteiger partial charge in [0.2, 0.25) is 5.91 Å². The molecule has 0 spiro atoms. The fourth-order valence-corrected chi connectivity index (χ4v) is 3.48. The lowest BCUT2D eigenvalue weighted by molar-refractivity contribution is -0.121. The van der Waals surface area contributed by atoms with Crippen molar-refractivity contribution in [3.63, 3.8) is 0 Å². The highest BCUT2D eigenvalue weighted by atomic mass is 19.1. The number of carbonyl (C=O) groups is 1. The van der Waals surface area contributed by atoms with Gasteiger partial charge >= 0.3 is 0 Å². The summed E-state index contributed by atoms with van der Waals surface area (Å²) in [5, 5.41) is 3.03. The van der Waals surface area contributed by atoms with E-state index in [4.69, 9.17) is 0 Å². The number of rotatable bonds is 6. The second kappa shape index (κ2) is 8.00. The van der Waals surface area contributed by atoms with Crippen LogP contribution in [0.5, 0.6) is 0 Å². The first-order valence-electron chi connectivity index (χ1n) is 9.28. The molecule has 0 aliphatic carbocycles. The van der Waals surface area contributed by atoms with Crippen molar-refractivity contribution < 1.29 is 9.18 Å². The van der Waals surface area contributed by atoms with Crippen LogP contribution in [0.1, 0.15) is 37.0 Å². The molecule has 3 nitrogen and oxygen atoms in total. The monoisotopic (exact) mass is 354 g/mol. The third-order valence-corrected chi connectivity index (χ3v) is 5.28. The number of aryl methyl sites for hydroxylation is 1. The van der Waals surface area contributed by atoms with Gasteiger partial charge < -0.3 is 5.32 Å². The lowest BCUT2D eigenvalue weighted by atomic mass is 9.94. The molecule has 0 unspecified atom stereocenters. The molecule has 26 heavy (non-hydrogen) atoms. The number of hydrogen-bond acceptors (Lipinski definition) is 2. The van der Waals surface area contributed by atoms with Crippen molar-refractivity contribution in [1.82, 2.24) is 10.2 Å². The van der Waals surface area contributed by atoms with Crippen LogP contribution < -0.4 is 5.32 Å². The van der Waals surface area contributed by atoms with Crippen LogP contribution in [0.2, 0.25) is 0 Å². The maximum Gasteiger partial charge on any atom is 0.220 e. The number of hydrogen-bond donors (Lipinski definition) is 1. The van der Waals surface area contributed by atoms with Crippen molar-refractivity contribution >= 4 is 5.91 Å². The van der Waals surface area contributed by atoms with Crippen molar-refractivity contribution in [2.45, 2.75) is 45.2 Å². The van der Waals surface area contributed by atoms with Crippen LogP contribution in [0.4, 0.5) is 4.39 Å². The van der Waals surface area contributed by atoms with Crippen LogP contribution in [0.15, 0.2) is 48.5 Å². The van der Waals surface area contributed by atoms with Crippen molar-refractivity contribution in [2.75, 3.05) is 13.1 Å². The Bertz CT molecular complexity index is 772. The quantitative estimate of drug-likeness (QED) is 0.858. The maximum atomic E-state index is 13.6. The molecular weight excluding hydrogens is 327 g/mol. The van der Waals surface area contributed by atoms with Gasteiger partial charge in [-0.3, -0.25) is 9.69 Å². The number of carbonyl (C=O) groups excluding carboxylic acids is 1. The van der Waals surface area contributed by atoms with Crippen LogP contribution >= 0.6 is 0 Å². The molecule has 4 heteroatoms. The van der Waals surface area contributed by atoms with Gasteiger partial charge in [-0.1, -0.05) is 42.5 Å². The minimum Gasteiger partial charge on any atom is -0.354 e. The van der Waals surface area contributed by atoms with Crippen LogP contribution in [-0.4, -0.2) is 29.4 Å². The number of amides is 1. The topological polar surface area (TPSA) is 32.3 Å². The third-order valence-electron chi connectivity index (χ3n) is 5.28. The fourth-order valence-electron chi connectivity index (χ4n) is 3.48. The number of nitrogens with one attached hydrogen (secondary N) is 1. The predicted octanol–water partition coefficient (Wildman–Crippen LogP) is 3.71. The minimum absolute atomic E-state index is 0.0289. The van der Waals surface area contributed by atoms with E-state index in [2.05, 4.69) is 48.3 Å². The van der Waals surface area contributed by atoms with Crippen molar-refractivity contribution in [3.05, 3.63) is 71.0 Å². The van der Waals surface area contributed by atoms with Gasteiger partial charge in [0.05, 0.1) is 0 Å².